The largest absolute Gasteiger partial charge is 0.380 e. The van der Waals surface area contributed by atoms with Crippen LogP contribution in [-0.4, -0.2) is 25.8 Å². The standard InChI is InChI=1S/C8H15NO/c1-2-7-3-5-10-6-8(7)9-4-1/h7-9H,1-6H2/t7-,8-/m0/s1. The van der Waals surface area contributed by atoms with Gasteiger partial charge in [-0.1, -0.05) is 0 Å². The lowest BCUT2D eigenvalue weighted by Gasteiger charge is -2.35. The van der Waals surface area contributed by atoms with Gasteiger partial charge in [0.1, 0.15) is 0 Å². The lowest BCUT2D eigenvalue weighted by Crippen LogP contribution is -2.47. The zero-order valence-corrected chi connectivity index (χ0v) is 6.31. The first-order valence-electron chi connectivity index (χ1n) is 4.28. The zero-order valence-electron chi connectivity index (χ0n) is 6.31. The number of nitrogens with one attached hydrogen (secondary N) is 1. The average molecular weight is 141 g/mol. The highest BCUT2D eigenvalue weighted by Gasteiger charge is 2.27. The molecule has 0 amide bonds. The van der Waals surface area contributed by atoms with Crippen molar-refractivity contribution < 1.29 is 4.74 Å². The van der Waals surface area contributed by atoms with Gasteiger partial charge in [-0.05, 0) is 31.7 Å². The predicted octanol–water partition coefficient (Wildman–Crippen LogP) is 0.775. The number of fused-ring (bicyclic) bond motifs is 1. The molecular weight excluding hydrogens is 126 g/mol. The Kier molecular flexibility index (Phi) is 1.91. The number of hydrogen-bond acceptors (Lipinski definition) is 2. The molecule has 0 unspecified atom stereocenters. The zero-order chi connectivity index (χ0) is 6.81. The van der Waals surface area contributed by atoms with Crippen LogP contribution in [0.5, 0.6) is 0 Å². The van der Waals surface area contributed by atoms with Gasteiger partial charge in [0.15, 0.2) is 0 Å². The van der Waals surface area contributed by atoms with Crippen LogP contribution in [0.3, 0.4) is 0 Å². The summed E-state index contributed by atoms with van der Waals surface area (Å²) >= 11 is 0. The number of rotatable bonds is 0. The van der Waals surface area contributed by atoms with E-state index in [-0.39, 0.29) is 0 Å². The fraction of sp³-hybridized carbons (Fsp3) is 1.00. The van der Waals surface area contributed by atoms with Gasteiger partial charge in [0, 0.05) is 12.6 Å². The van der Waals surface area contributed by atoms with Gasteiger partial charge < -0.3 is 10.1 Å². The van der Waals surface area contributed by atoms with Gasteiger partial charge in [-0.15, -0.1) is 0 Å². The van der Waals surface area contributed by atoms with Crippen LogP contribution >= 0.6 is 0 Å². The van der Waals surface area contributed by atoms with Crippen molar-refractivity contribution in [1.82, 2.24) is 5.32 Å². The van der Waals surface area contributed by atoms with Gasteiger partial charge in [0.25, 0.3) is 0 Å². The van der Waals surface area contributed by atoms with Crippen molar-refractivity contribution in [3.8, 4) is 0 Å². The van der Waals surface area contributed by atoms with E-state index in [1.807, 2.05) is 0 Å². The molecule has 2 nitrogen and oxygen atoms in total. The molecule has 2 aliphatic rings. The minimum atomic E-state index is 0.683. The monoisotopic (exact) mass is 141 g/mol. The Hall–Kier alpha value is -0.0800. The molecule has 0 aromatic heterocycles. The van der Waals surface area contributed by atoms with E-state index in [2.05, 4.69) is 5.32 Å². The van der Waals surface area contributed by atoms with Crippen LogP contribution in [0.2, 0.25) is 0 Å². The summed E-state index contributed by atoms with van der Waals surface area (Å²) in [4.78, 5) is 0. The highest BCUT2D eigenvalue weighted by Crippen LogP contribution is 2.23. The molecular formula is C8H15NO. The maximum absolute atomic E-state index is 5.38. The second-order valence-corrected chi connectivity index (χ2v) is 3.33. The fourth-order valence-corrected chi connectivity index (χ4v) is 2.01. The third-order valence-electron chi connectivity index (χ3n) is 2.66. The maximum atomic E-state index is 5.38. The molecule has 2 rings (SSSR count). The van der Waals surface area contributed by atoms with Crippen LogP contribution in [0.4, 0.5) is 0 Å². The van der Waals surface area contributed by atoms with Crippen molar-refractivity contribution in [1.29, 1.82) is 0 Å². The minimum Gasteiger partial charge on any atom is -0.380 e. The Morgan fingerprint density at radius 1 is 1.30 bits per heavy atom. The second-order valence-electron chi connectivity index (χ2n) is 3.33. The topological polar surface area (TPSA) is 21.3 Å². The Balaban J connectivity index is 1.93. The Morgan fingerprint density at radius 3 is 3.20 bits per heavy atom. The summed E-state index contributed by atoms with van der Waals surface area (Å²) in [6, 6.07) is 0.683. The van der Waals surface area contributed by atoms with E-state index in [1.54, 1.807) is 0 Å². The lowest BCUT2D eigenvalue weighted by atomic mass is 9.87. The smallest absolute Gasteiger partial charge is 0.0622 e. The van der Waals surface area contributed by atoms with E-state index in [4.69, 9.17) is 4.74 Å². The maximum Gasteiger partial charge on any atom is 0.0622 e. The van der Waals surface area contributed by atoms with Crippen LogP contribution < -0.4 is 5.32 Å². The molecule has 2 aliphatic heterocycles. The molecule has 10 heavy (non-hydrogen) atoms. The van der Waals surface area contributed by atoms with Crippen LogP contribution in [0, 0.1) is 5.92 Å². The van der Waals surface area contributed by atoms with Gasteiger partial charge in [-0.3, -0.25) is 0 Å². The summed E-state index contributed by atoms with van der Waals surface area (Å²) < 4.78 is 5.38. The van der Waals surface area contributed by atoms with Gasteiger partial charge >= 0.3 is 0 Å². The Bertz CT molecular complexity index is 89.8. The average Bonchev–Trinajstić information content (AvgIpc) is 2.05. The highest BCUT2D eigenvalue weighted by molar-refractivity contribution is 4.83. The van der Waals surface area contributed by atoms with Crippen LogP contribution in [-0.2, 0) is 4.74 Å². The molecule has 2 heterocycles. The van der Waals surface area contributed by atoms with Crippen molar-refractivity contribution in [2.75, 3.05) is 19.8 Å². The first-order chi connectivity index (χ1) is 4.97. The van der Waals surface area contributed by atoms with Crippen molar-refractivity contribution in [3.05, 3.63) is 0 Å². The summed E-state index contributed by atoms with van der Waals surface area (Å²) in [6.45, 7) is 3.14. The van der Waals surface area contributed by atoms with Crippen molar-refractivity contribution in [2.45, 2.75) is 25.3 Å². The minimum absolute atomic E-state index is 0.683. The third kappa shape index (κ3) is 1.18. The normalized spacial score (nSPS) is 40.8. The molecule has 1 N–H and O–H groups in total. The van der Waals surface area contributed by atoms with Crippen molar-refractivity contribution in [2.24, 2.45) is 5.92 Å². The van der Waals surface area contributed by atoms with E-state index in [1.165, 1.54) is 25.8 Å². The number of ether oxygens (including phenoxy) is 1. The molecule has 0 bridgehead atoms. The fourth-order valence-electron chi connectivity index (χ4n) is 2.01. The lowest BCUT2D eigenvalue weighted by molar-refractivity contribution is 0.0232. The van der Waals surface area contributed by atoms with E-state index >= 15 is 0 Å². The van der Waals surface area contributed by atoms with E-state index in [0.717, 1.165) is 19.1 Å². The number of piperidine rings is 1. The van der Waals surface area contributed by atoms with Crippen molar-refractivity contribution in [3.63, 3.8) is 0 Å². The first-order valence-corrected chi connectivity index (χ1v) is 4.28. The molecule has 2 saturated heterocycles. The molecule has 2 atom stereocenters. The summed E-state index contributed by atoms with van der Waals surface area (Å²) in [5.74, 6) is 0.919. The van der Waals surface area contributed by atoms with Gasteiger partial charge in [-0.2, -0.15) is 0 Å². The molecule has 2 fully saturated rings. The van der Waals surface area contributed by atoms with Gasteiger partial charge in [-0.25, -0.2) is 0 Å². The Labute approximate surface area is 61.9 Å². The second kappa shape index (κ2) is 2.89. The Morgan fingerprint density at radius 2 is 2.30 bits per heavy atom. The molecule has 0 radical (unpaired) electrons. The molecule has 0 aromatic carbocycles. The SMILES string of the molecule is C1CN[C@H]2COCC[C@@H]2C1. The molecule has 0 aromatic rings. The van der Waals surface area contributed by atoms with E-state index in [9.17, 15) is 0 Å². The highest BCUT2D eigenvalue weighted by atomic mass is 16.5. The van der Waals surface area contributed by atoms with Gasteiger partial charge in [0.2, 0.25) is 0 Å². The molecule has 0 spiro atoms. The van der Waals surface area contributed by atoms with E-state index < -0.39 is 0 Å². The number of hydrogen-bond donors (Lipinski definition) is 1. The predicted molar refractivity (Wildman–Crippen MR) is 40.0 cm³/mol. The molecule has 0 aliphatic carbocycles. The summed E-state index contributed by atoms with van der Waals surface area (Å²) in [5.41, 5.74) is 0. The molecule has 2 heteroatoms. The quantitative estimate of drug-likeness (QED) is 0.538. The summed E-state index contributed by atoms with van der Waals surface area (Å²) in [7, 11) is 0. The first kappa shape index (κ1) is 6.62. The molecule has 58 valence electrons. The van der Waals surface area contributed by atoms with Crippen LogP contribution in [0.25, 0.3) is 0 Å². The van der Waals surface area contributed by atoms with Crippen LogP contribution in [0.1, 0.15) is 19.3 Å². The summed E-state index contributed by atoms with van der Waals surface area (Å²) in [6.07, 6.45) is 4.06. The van der Waals surface area contributed by atoms with Crippen LogP contribution in [0.15, 0.2) is 0 Å². The third-order valence-corrected chi connectivity index (χ3v) is 2.66. The van der Waals surface area contributed by atoms with E-state index in [0.29, 0.717) is 6.04 Å². The van der Waals surface area contributed by atoms with Crippen molar-refractivity contribution >= 4 is 0 Å². The summed E-state index contributed by atoms with van der Waals surface area (Å²) in [5, 5.41) is 3.50. The molecule has 0 saturated carbocycles. The van der Waals surface area contributed by atoms with Gasteiger partial charge in [0.05, 0.1) is 6.61 Å².